The number of hydrogen-bond donors (Lipinski definition) is 2. The third kappa shape index (κ3) is 2.50. The molecule has 0 spiro atoms. The number of rotatable bonds is 2. The fourth-order valence-electron chi connectivity index (χ4n) is 3.72. The molecular formula is C15H19BrFN3O. The smallest absolute Gasteiger partial charge is 0.171 e. The van der Waals surface area contributed by atoms with Crippen LogP contribution in [0.25, 0.3) is 0 Å². The van der Waals surface area contributed by atoms with Crippen LogP contribution in [0.3, 0.4) is 0 Å². The molecule has 1 saturated heterocycles. The topological polar surface area (TPSA) is 61.9 Å². The van der Waals surface area contributed by atoms with Gasteiger partial charge in [0, 0.05) is 18.2 Å². The predicted molar refractivity (Wildman–Crippen MR) is 84.3 cm³/mol. The van der Waals surface area contributed by atoms with Crippen LogP contribution >= 0.6 is 15.9 Å². The zero-order valence-electron chi connectivity index (χ0n) is 11.7. The minimum Gasteiger partial charge on any atom is -0.409 e. The van der Waals surface area contributed by atoms with Gasteiger partial charge in [0.15, 0.2) is 11.7 Å². The second-order valence-corrected chi connectivity index (χ2v) is 6.63. The number of nitrogens with two attached hydrogens (primary N) is 1. The molecule has 114 valence electrons. The van der Waals surface area contributed by atoms with E-state index >= 15 is 0 Å². The monoisotopic (exact) mass is 355 g/mol. The van der Waals surface area contributed by atoms with Crippen LogP contribution in [-0.4, -0.2) is 23.6 Å². The highest BCUT2D eigenvalue weighted by molar-refractivity contribution is 9.10. The quantitative estimate of drug-likeness (QED) is 0.369. The molecule has 0 aromatic heterocycles. The maximum Gasteiger partial charge on any atom is 0.171 e. The number of nitrogens with zero attached hydrogens (tertiary/aromatic N) is 2. The second-order valence-electron chi connectivity index (χ2n) is 5.84. The first kappa shape index (κ1) is 14.6. The summed E-state index contributed by atoms with van der Waals surface area (Å²) in [7, 11) is 0. The Labute approximate surface area is 131 Å². The average Bonchev–Trinajstić information content (AvgIpc) is 2.93. The maximum atomic E-state index is 14.7. The molecule has 0 amide bonds. The van der Waals surface area contributed by atoms with Gasteiger partial charge >= 0.3 is 0 Å². The van der Waals surface area contributed by atoms with Gasteiger partial charge in [-0.2, -0.15) is 0 Å². The molecule has 1 aliphatic carbocycles. The van der Waals surface area contributed by atoms with Crippen LogP contribution in [0, 0.1) is 11.7 Å². The van der Waals surface area contributed by atoms with Gasteiger partial charge in [-0.05, 0) is 53.2 Å². The summed E-state index contributed by atoms with van der Waals surface area (Å²) < 4.78 is 14.9. The molecule has 4 nitrogen and oxygen atoms in total. The van der Waals surface area contributed by atoms with Gasteiger partial charge in [0.1, 0.15) is 0 Å². The molecule has 1 heterocycles. The van der Waals surface area contributed by atoms with Gasteiger partial charge in [-0.3, -0.25) is 0 Å². The van der Waals surface area contributed by atoms with Crippen LogP contribution in [0.5, 0.6) is 0 Å². The Morgan fingerprint density at radius 1 is 1.33 bits per heavy atom. The van der Waals surface area contributed by atoms with E-state index < -0.39 is 0 Å². The highest BCUT2D eigenvalue weighted by Gasteiger charge is 2.37. The molecular weight excluding hydrogens is 337 g/mol. The van der Waals surface area contributed by atoms with Crippen molar-refractivity contribution in [3.63, 3.8) is 0 Å². The number of halogens is 2. The first-order valence-electron chi connectivity index (χ1n) is 7.36. The van der Waals surface area contributed by atoms with Crippen molar-refractivity contribution in [2.24, 2.45) is 16.8 Å². The van der Waals surface area contributed by atoms with E-state index in [1.165, 1.54) is 19.3 Å². The lowest BCUT2D eigenvalue weighted by molar-refractivity contribution is 0.318. The Bertz CT molecular complexity index is 578. The fraction of sp³-hybridized carbons (Fsp3) is 0.533. The van der Waals surface area contributed by atoms with Gasteiger partial charge in [0.25, 0.3) is 0 Å². The Balaban J connectivity index is 1.94. The first-order valence-corrected chi connectivity index (χ1v) is 8.15. The standard InChI is InChI=1S/C15H19BrFN3O/c16-13-10(15(18)19-21)5-6-12(14(13)17)20-8-7-9-3-1-2-4-11(9)20/h5-6,9,11,21H,1-4,7-8H2,(H2,18,19). The SMILES string of the molecule is N/C(=N/O)c1ccc(N2CCC3CCCCC32)c(F)c1Br. The van der Waals surface area contributed by atoms with E-state index in [2.05, 4.69) is 26.0 Å². The Hall–Kier alpha value is -1.30. The minimum absolute atomic E-state index is 0.0933. The third-order valence-electron chi connectivity index (χ3n) is 4.77. The average molecular weight is 356 g/mol. The normalized spacial score (nSPS) is 26.0. The number of anilines is 1. The largest absolute Gasteiger partial charge is 0.409 e. The molecule has 21 heavy (non-hydrogen) atoms. The van der Waals surface area contributed by atoms with Gasteiger partial charge in [0.2, 0.25) is 0 Å². The summed E-state index contributed by atoms with van der Waals surface area (Å²) >= 11 is 3.23. The zero-order chi connectivity index (χ0) is 15.0. The Kier molecular flexibility index (Phi) is 4.06. The molecule has 0 radical (unpaired) electrons. The highest BCUT2D eigenvalue weighted by atomic mass is 79.9. The van der Waals surface area contributed by atoms with Crippen molar-refractivity contribution >= 4 is 27.5 Å². The Morgan fingerprint density at radius 2 is 2.10 bits per heavy atom. The predicted octanol–water partition coefficient (Wildman–Crippen LogP) is 3.45. The number of hydrogen-bond acceptors (Lipinski definition) is 3. The molecule has 0 bridgehead atoms. The maximum absolute atomic E-state index is 14.7. The van der Waals surface area contributed by atoms with E-state index in [0.29, 0.717) is 23.2 Å². The van der Waals surface area contributed by atoms with Gasteiger partial charge in [-0.1, -0.05) is 18.0 Å². The summed E-state index contributed by atoms with van der Waals surface area (Å²) in [5, 5.41) is 11.7. The summed E-state index contributed by atoms with van der Waals surface area (Å²) in [6.07, 6.45) is 6.06. The van der Waals surface area contributed by atoms with E-state index in [-0.39, 0.29) is 16.1 Å². The van der Waals surface area contributed by atoms with Crippen molar-refractivity contribution < 1.29 is 9.60 Å². The molecule has 2 fully saturated rings. The van der Waals surface area contributed by atoms with E-state index in [4.69, 9.17) is 10.9 Å². The summed E-state index contributed by atoms with van der Waals surface area (Å²) in [5.41, 5.74) is 6.55. The molecule has 1 aromatic carbocycles. The van der Waals surface area contributed by atoms with Crippen molar-refractivity contribution in [3.8, 4) is 0 Å². The minimum atomic E-state index is -0.328. The van der Waals surface area contributed by atoms with Gasteiger partial charge in [0.05, 0.1) is 10.2 Å². The summed E-state index contributed by atoms with van der Waals surface area (Å²) in [5.74, 6) is 0.273. The Morgan fingerprint density at radius 3 is 2.86 bits per heavy atom. The molecule has 2 aliphatic rings. The van der Waals surface area contributed by atoms with Gasteiger partial charge < -0.3 is 15.8 Å². The van der Waals surface area contributed by atoms with E-state index in [1.54, 1.807) is 12.1 Å². The lowest BCUT2D eigenvalue weighted by atomic mass is 9.85. The molecule has 2 unspecified atom stereocenters. The van der Waals surface area contributed by atoms with E-state index in [0.717, 1.165) is 19.4 Å². The fourth-order valence-corrected chi connectivity index (χ4v) is 4.26. The van der Waals surface area contributed by atoms with Crippen molar-refractivity contribution in [1.29, 1.82) is 0 Å². The molecule has 3 rings (SSSR count). The van der Waals surface area contributed by atoms with Crippen molar-refractivity contribution in [1.82, 2.24) is 0 Å². The van der Waals surface area contributed by atoms with Crippen LogP contribution in [0.4, 0.5) is 10.1 Å². The number of fused-ring (bicyclic) bond motifs is 1. The van der Waals surface area contributed by atoms with Crippen LogP contribution in [0.1, 0.15) is 37.7 Å². The lowest BCUT2D eigenvalue weighted by Gasteiger charge is -2.33. The molecule has 1 aliphatic heterocycles. The second kappa shape index (κ2) is 5.83. The zero-order valence-corrected chi connectivity index (χ0v) is 13.3. The summed E-state index contributed by atoms with van der Waals surface area (Å²) in [6, 6.07) is 3.90. The van der Waals surface area contributed by atoms with Crippen LogP contribution in [-0.2, 0) is 0 Å². The number of benzene rings is 1. The van der Waals surface area contributed by atoms with Crippen molar-refractivity contribution in [2.45, 2.75) is 38.1 Å². The third-order valence-corrected chi connectivity index (χ3v) is 5.54. The van der Waals surface area contributed by atoms with Crippen LogP contribution in [0.2, 0.25) is 0 Å². The van der Waals surface area contributed by atoms with Crippen LogP contribution < -0.4 is 10.6 Å². The molecule has 1 aromatic rings. The molecule has 3 N–H and O–H groups in total. The molecule has 6 heteroatoms. The van der Waals surface area contributed by atoms with Crippen LogP contribution in [0.15, 0.2) is 21.8 Å². The van der Waals surface area contributed by atoms with Gasteiger partial charge in [-0.25, -0.2) is 4.39 Å². The van der Waals surface area contributed by atoms with E-state index in [1.807, 2.05) is 0 Å². The number of oxime groups is 1. The molecule has 2 atom stereocenters. The summed E-state index contributed by atoms with van der Waals surface area (Å²) in [4.78, 5) is 2.19. The first-order chi connectivity index (χ1) is 10.1. The van der Waals surface area contributed by atoms with E-state index in [9.17, 15) is 4.39 Å². The lowest BCUT2D eigenvalue weighted by Crippen LogP contribution is -2.35. The van der Waals surface area contributed by atoms with Gasteiger partial charge in [-0.15, -0.1) is 0 Å². The van der Waals surface area contributed by atoms with Crippen molar-refractivity contribution in [2.75, 3.05) is 11.4 Å². The highest BCUT2D eigenvalue weighted by Crippen LogP contribution is 2.41. The number of amidine groups is 1. The van der Waals surface area contributed by atoms with Crippen molar-refractivity contribution in [3.05, 3.63) is 28.0 Å². The molecule has 1 saturated carbocycles. The summed E-state index contributed by atoms with van der Waals surface area (Å²) in [6.45, 7) is 0.904.